The lowest BCUT2D eigenvalue weighted by atomic mass is 9.94. The van der Waals surface area contributed by atoms with E-state index >= 15 is 0 Å². The summed E-state index contributed by atoms with van der Waals surface area (Å²) >= 11 is 0. The van der Waals surface area contributed by atoms with E-state index in [-0.39, 0.29) is 11.7 Å². The zero-order valence-electron chi connectivity index (χ0n) is 13.4. The second kappa shape index (κ2) is 11.6. The molecule has 0 fully saturated rings. The first-order valence-corrected chi connectivity index (χ1v) is 7.88. The molecule has 0 aromatic rings. The summed E-state index contributed by atoms with van der Waals surface area (Å²) in [6, 6.07) is 0. The van der Waals surface area contributed by atoms with E-state index in [1.165, 1.54) is 0 Å². The van der Waals surface area contributed by atoms with Gasteiger partial charge in [-0.2, -0.15) is 0 Å². The van der Waals surface area contributed by atoms with E-state index in [1.807, 2.05) is 6.08 Å². The average Bonchev–Trinajstić information content (AvgIpc) is 2.47. The molecule has 0 rings (SSSR count). The first kappa shape index (κ1) is 18.8. The van der Waals surface area contributed by atoms with Gasteiger partial charge in [-0.1, -0.05) is 52.0 Å². The number of carbonyl (C=O) groups is 1. The summed E-state index contributed by atoms with van der Waals surface area (Å²) in [7, 11) is 0. The number of nitrogens with one attached hydrogen (secondary N) is 1. The number of alkyl carbamates (subject to hydrolysis) is 1. The van der Waals surface area contributed by atoms with Crippen molar-refractivity contribution in [3.05, 3.63) is 24.8 Å². The average molecular weight is 281 g/mol. The van der Waals surface area contributed by atoms with Gasteiger partial charge in [-0.15, -0.1) is 0 Å². The summed E-state index contributed by atoms with van der Waals surface area (Å²) in [5.74, 6) is 0. The van der Waals surface area contributed by atoms with Crippen LogP contribution in [0, 0.1) is 0 Å². The number of amides is 1. The summed E-state index contributed by atoms with van der Waals surface area (Å²) in [4.78, 5) is 11.8. The molecule has 0 heterocycles. The van der Waals surface area contributed by atoms with Crippen molar-refractivity contribution < 1.29 is 9.53 Å². The molecule has 0 saturated heterocycles. The summed E-state index contributed by atoms with van der Waals surface area (Å²) in [5.41, 5.74) is -0.292. The standard InChI is InChI=1S/C17H31NO2/c1-5-9-10-11-12-13-14-15-18-16(19)20-17(6-2,7-3)8-4/h5,9-10H,1,6-8,11-15H2,2-4H3,(H,18,19)/b10-9-. The minimum absolute atomic E-state index is 0.276. The lowest BCUT2D eigenvalue weighted by molar-refractivity contribution is 0.00169. The van der Waals surface area contributed by atoms with Crippen LogP contribution in [0.2, 0.25) is 0 Å². The number of unbranched alkanes of at least 4 members (excludes halogenated alkanes) is 3. The fourth-order valence-electron chi connectivity index (χ4n) is 2.15. The highest BCUT2D eigenvalue weighted by atomic mass is 16.6. The number of rotatable bonds is 11. The Morgan fingerprint density at radius 1 is 1.15 bits per heavy atom. The number of carbonyl (C=O) groups excluding carboxylic acids is 1. The van der Waals surface area contributed by atoms with Crippen molar-refractivity contribution in [1.82, 2.24) is 5.32 Å². The minimum atomic E-state index is -0.292. The Balaban J connectivity index is 3.73. The van der Waals surface area contributed by atoms with Crippen LogP contribution in [0.4, 0.5) is 4.79 Å². The number of hydrogen-bond donors (Lipinski definition) is 1. The first-order valence-electron chi connectivity index (χ1n) is 7.88. The van der Waals surface area contributed by atoms with Crippen LogP contribution in [0.15, 0.2) is 24.8 Å². The van der Waals surface area contributed by atoms with Crippen LogP contribution >= 0.6 is 0 Å². The van der Waals surface area contributed by atoms with Gasteiger partial charge in [0.25, 0.3) is 0 Å². The van der Waals surface area contributed by atoms with Crippen molar-refractivity contribution in [2.75, 3.05) is 6.54 Å². The molecule has 0 aliphatic rings. The van der Waals surface area contributed by atoms with E-state index in [0.717, 1.165) is 44.9 Å². The van der Waals surface area contributed by atoms with Crippen molar-refractivity contribution in [3.8, 4) is 0 Å². The van der Waals surface area contributed by atoms with Gasteiger partial charge in [-0.3, -0.25) is 0 Å². The van der Waals surface area contributed by atoms with E-state index in [0.29, 0.717) is 6.54 Å². The maximum Gasteiger partial charge on any atom is 0.407 e. The van der Waals surface area contributed by atoms with Crippen molar-refractivity contribution in [2.45, 2.75) is 71.3 Å². The van der Waals surface area contributed by atoms with E-state index in [2.05, 4.69) is 38.7 Å². The van der Waals surface area contributed by atoms with Crippen LogP contribution in [0.25, 0.3) is 0 Å². The molecule has 0 bridgehead atoms. The zero-order chi connectivity index (χ0) is 15.3. The van der Waals surface area contributed by atoms with Gasteiger partial charge in [0.15, 0.2) is 0 Å². The lowest BCUT2D eigenvalue weighted by Crippen LogP contribution is -2.38. The van der Waals surface area contributed by atoms with Crippen LogP contribution in [0.5, 0.6) is 0 Å². The fourth-order valence-corrected chi connectivity index (χ4v) is 2.15. The van der Waals surface area contributed by atoms with Gasteiger partial charge in [0, 0.05) is 6.54 Å². The molecule has 3 heteroatoms. The second-order valence-electron chi connectivity index (χ2n) is 5.07. The number of ether oxygens (including phenoxy) is 1. The summed E-state index contributed by atoms with van der Waals surface area (Å²) < 4.78 is 5.57. The Morgan fingerprint density at radius 2 is 1.80 bits per heavy atom. The van der Waals surface area contributed by atoms with Crippen LogP contribution in [-0.2, 0) is 4.74 Å². The number of hydrogen-bond acceptors (Lipinski definition) is 2. The minimum Gasteiger partial charge on any atom is -0.443 e. The fraction of sp³-hybridized carbons (Fsp3) is 0.706. The highest BCUT2D eigenvalue weighted by Crippen LogP contribution is 2.24. The predicted molar refractivity (Wildman–Crippen MR) is 85.9 cm³/mol. The Hall–Kier alpha value is -1.25. The summed E-state index contributed by atoms with van der Waals surface area (Å²) in [6.07, 6.45) is 12.5. The van der Waals surface area contributed by atoms with E-state index in [4.69, 9.17) is 4.74 Å². The van der Waals surface area contributed by atoms with E-state index < -0.39 is 0 Å². The molecular weight excluding hydrogens is 250 g/mol. The van der Waals surface area contributed by atoms with E-state index in [9.17, 15) is 4.79 Å². The van der Waals surface area contributed by atoms with Gasteiger partial charge in [-0.25, -0.2) is 4.79 Å². The summed E-state index contributed by atoms with van der Waals surface area (Å²) in [5, 5.41) is 2.85. The molecule has 0 unspecified atom stereocenters. The van der Waals surface area contributed by atoms with Crippen molar-refractivity contribution >= 4 is 6.09 Å². The van der Waals surface area contributed by atoms with Gasteiger partial charge in [0.05, 0.1) is 0 Å². The highest BCUT2D eigenvalue weighted by Gasteiger charge is 2.28. The topological polar surface area (TPSA) is 38.3 Å². The molecule has 3 nitrogen and oxygen atoms in total. The van der Waals surface area contributed by atoms with Gasteiger partial charge < -0.3 is 10.1 Å². The molecule has 0 aliphatic carbocycles. The number of allylic oxidation sites excluding steroid dienone is 3. The maximum absolute atomic E-state index is 11.8. The van der Waals surface area contributed by atoms with Gasteiger partial charge in [-0.05, 0) is 38.5 Å². The Bertz CT molecular complexity index is 285. The molecule has 1 N–H and O–H groups in total. The Labute approximate surface area is 124 Å². The molecule has 20 heavy (non-hydrogen) atoms. The van der Waals surface area contributed by atoms with Crippen LogP contribution in [-0.4, -0.2) is 18.2 Å². The predicted octanol–water partition coefficient (Wildman–Crippen LogP) is 4.98. The molecule has 0 saturated carbocycles. The molecule has 0 radical (unpaired) electrons. The van der Waals surface area contributed by atoms with Crippen molar-refractivity contribution in [2.24, 2.45) is 0 Å². The first-order chi connectivity index (χ1) is 9.64. The molecule has 0 aliphatic heterocycles. The third-order valence-electron chi connectivity index (χ3n) is 3.83. The van der Waals surface area contributed by atoms with Crippen LogP contribution in [0.3, 0.4) is 0 Å². The normalized spacial score (nSPS) is 11.6. The molecular formula is C17H31NO2. The lowest BCUT2D eigenvalue weighted by Gasteiger charge is -2.30. The van der Waals surface area contributed by atoms with Gasteiger partial charge in [0.1, 0.15) is 5.60 Å². The molecule has 0 aromatic carbocycles. The molecule has 1 amide bonds. The van der Waals surface area contributed by atoms with Gasteiger partial charge in [0.2, 0.25) is 0 Å². The van der Waals surface area contributed by atoms with Crippen molar-refractivity contribution in [3.63, 3.8) is 0 Å². The largest absolute Gasteiger partial charge is 0.443 e. The monoisotopic (exact) mass is 281 g/mol. The zero-order valence-corrected chi connectivity index (χ0v) is 13.4. The summed E-state index contributed by atoms with van der Waals surface area (Å²) in [6.45, 7) is 10.5. The molecule has 0 aromatic heterocycles. The highest BCUT2D eigenvalue weighted by molar-refractivity contribution is 5.67. The Kier molecular flexibility index (Phi) is 10.8. The van der Waals surface area contributed by atoms with E-state index in [1.54, 1.807) is 6.08 Å². The maximum atomic E-state index is 11.8. The van der Waals surface area contributed by atoms with Crippen LogP contribution < -0.4 is 5.32 Å². The second-order valence-corrected chi connectivity index (χ2v) is 5.07. The molecule has 0 spiro atoms. The molecule has 116 valence electrons. The Morgan fingerprint density at radius 3 is 2.35 bits per heavy atom. The third-order valence-corrected chi connectivity index (χ3v) is 3.83. The quantitative estimate of drug-likeness (QED) is 0.428. The molecule has 0 atom stereocenters. The van der Waals surface area contributed by atoms with Crippen LogP contribution in [0.1, 0.15) is 65.7 Å². The smallest absolute Gasteiger partial charge is 0.407 e. The third kappa shape index (κ3) is 8.03. The SMILES string of the molecule is C=C/C=C\CCCCCNC(=O)OC(CC)(CC)CC. The van der Waals surface area contributed by atoms with Gasteiger partial charge >= 0.3 is 6.09 Å². The van der Waals surface area contributed by atoms with Crippen molar-refractivity contribution in [1.29, 1.82) is 0 Å².